The van der Waals surface area contributed by atoms with Crippen molar-refractivity contribution in [1.82, 2.24) is 19.4 Å². The second kappa shape index (κ2) is 11.0. The van der Waals surface area contributed by atoms with E-state index in [1.54, 1.807) is 71.2 Å². The molecule has 0 aliphatic carbocycles. The number of nitrogens with one attached hydrogen (secondary N) is 1. The molecule has 0 fully saturated rings. The van der Waals surface area contributed by atoms with E-state index in [4.69, 9.17) is 25.8 Å². The predicted molar refractivity (Wildman–Crippen MR) is 154 cm³/mol. The molecule has 3 aromatic carbocycles. The molecular weight excluding hydrogens is 616 g/mol. The van der Waals surface area contributed by atoms with Crippen molar-refractivity contribution in [3.05, 3.63) is 103 Å². The van der Waals surface area contributed by atoms with Crippen LogP contribution in [0.3, 0.4) is 0 Å². The molecule has 0 atom stereocenters. The fraction of sp³-hybridized carbons (Fsp3) is 0.207. The number of hydrogen-bond donors (Lipinski definition) is 1. The summed E-state index contributed by atoms with van der Waals surface area (Å²) in [5.41, 5.74) is 1.96. The van der Waals surface area contributed by atoms with E-state index >= 15 is 0 Å². The van der Waals surface area contributed by atoms with Crippen LogP contribution in [0, 0.1) is 0 Å². The van der Waals surface area contributed by atoms with Crippen LogP contribution in [0.1, 0.15) is 32.1 Å². The topological polar surface area (TPSA) is 104 Å². The molecular formula is C29H24BrClN4O6. The molecule has 0 saturated carbocycles. The van der Waals surface area contributed by atoms with Gasteiger partial charge in [-0.1, -0.05) is 17.7 Å². The summed E-state index contributed by atoms with van der Waals surface area (Å²) in [5.74, 6) is 1.17. The van der Waals surface area contributed by atoms with Gasteiger partial charge in [0.25, 0.3) is 11.8 Å². The van der Waals surface area contributed by atoms with Gasteiger partial charge < -0.3 is 24.4 Å². The van der Waals surface area contributed by atoms with Crippen LogP contribution in [-0.4, -0.2) is 46.3 Å². The number of carbonyl (C=O) groups excluding carboxylic acids is 2. The van der Waals surface area contributed by atoms with Gasteiger partial charge in [-0.25, -0.2) is 4.79 Å². The van der Waals surface area contributed by atoms with Crippen molar-refractivity contribution in [3.63, 3.8) is 0 Å². The second-order valence-electron chi connectivity index (χ2n) is 9.49. The molecule has 10 nitrogen and oxygen atoms in total. The molecule has 0 saturated heterocycles. The third-order valence-electron chi connectivity index (χ3n) is 7.07. The number of hydrogen-bond acceptors (Lipinski definition) is 6. The van der Waals surface area contributed by atoms with E-state index in [9.17, 15) is 14.4 Å². The maximum absolute atomic E-state index is 13.8. The molecule has 6 rings (SSSR count). The molecule has 4 aromatic rings. The second-order valence-corrected chi connectivity index (χ2v) is 10.8. The Morgan fingerprint density at radius 1 is 1.02 bits per heavy atom. The fourth-order valence-electron chi connectivity index (χ4n) is 4.97. The molecule has 2 amide bonds. The summed E-state index contributed by atoms with van der Waals surface area (Å²) in [5, 5.41) is 3.35. The van der Waals surface area contributed by atoms with Gasteiger partial charge in [-0.2, -0.15) is 0 Å². The van der Waals surface area contributed by atoms with Crippen molar-refractivity contribution < 1.29 is 23.8 Å². The van der Waals surface area contributed by atoms with Crippen molar-refractivity contribution in [2.45, 2.75) is 19.6 Å². The lowest BCUT2D eigenvalue weighted by atomic mass is 10.1. The van der Waals surface area contributed by atoms with Crippen molar-refractivity contribution in [3.8, 4) is 22.9 Å². The highest BCUT2D eigenvalue weighted by atomic mass is 79.9. The largest absolute Gasteiger partial charge is 0.497 e. The Balaban J connectivity index is 1.35. The normalized spacial score (nSPS) is 13.6. The Morgan fingerprint density at radius 3 is 2.56 bits per heavy atom. The first-order chi connectivity index (χ1) is 19.8. The van der Waals surface area contributed by atoms with Crippen molar-refractivity contribution in [2.75, 3.05) is 20.4 Å². The Morgan fingerprint density at radius 2 is 1.80 bits per heavy atom. The number of nitrogens with zero attached hydrogens (tertiary/aromatic N) is 3. The predicted octanol–water partition coefficient (Wildman–Crippen LogP) is 4.38. The van der Waals surface area contributed by atoms with E-state index in [0.29, 0.717) is 50.2 Å². The summed E-state index contributed by atoms with van der Waals surface area (Å²) in [6.45, 7) is 0.937. The average Bonchev–Trinajstić information content (AvgIpc) is 3.58. The molecule has 1 N–H and O–H groups in total. The highest BCUT2D eigenvalue weighted by molar-refractivity contribution is 9.10. The summed E-state index contributed by atoms with van der Waals surface area (Å²) in [6, 6.07) is 17.3. The number of halogens is 2. The zero-order valence-corrected chi connectivity index (χ0v) is 24.2. The number of fused-ring (bicyclic) bond motifs is 2. The number of aromatic nitrogens is 2. The van der Waals surface area contributed by atoms with E-state index in [1.165, 1.54) is 4.57 Å². The molecule has 0 radical (unpaired) electrons. The number of carbonyl (C=O) groups is 2. The maximum atomic E-state index is 13.8. The van der Waals surface area contributed by atoms with Crippen LogP contribution in [0.15, 0.2) is 69.9 Å². The summed E-state index contributed by atoms with van der Waals surface area (Å²) in [7, 11) is 1.55. The smallest absolute Gasteiger partial charge is 0.333 e. The summed E-state index contributed by atoms with van der Waals surface area (Å²) in [4.78, 5) is 42.5. The molecule has 12 heteroatoms. The molecule has 1 aromatic heterocycles. The molecule has 0 bridgehead atoms. The monoisotopic (exact) mass is 638 g/mol. The SMILES string of the molecule is COc1ccc(-n2c(C(=O)NCc3ccc4c(c3)OCO4)c3n(c2=O)CCN(C(=O)c2ccc(Br)c(Cl)c2)C3)cc1. The van der Waals surface area contributed by atoms with Crippen LogP contribution in [0.4, 0.5) is 0 Å². The highest BCUT2D eigenvalue weighted by Crippen LogP contribution is 2.32. The number of methoxy groups -OCH3 is 1. The number of benzene rings is 3. The molecule has 0 unspecified atom stereocenters. The van der Waals surface area contributed by atoms with Crippen LogP contribution < -0.4 is 25.2 Å². The first kappa shape index (κ1) is 27.0. The van der Waals surface area contributed by atoms with E-state index in [-0.39, 0.29) is 43.7 Å². The fourth-order valence-corrected chi connectivity index (χ4v) is 5.39. The van der Waals surface area contributed by atoms with E-state index in [2.05, 4.69) is 21.2 Å². The number of amides is 2. The van der Waals surface area contributed by atoms with Gasteiger partial charge in [0.1, 0.15) is 11.4 Å². The molecule has 41 heavy (non-hydrogen) atoms. The first-order valence-corrected chi connectivity index (χ1v) is 13.9. The van der Waals surface area contributed by atoms with Crippen molar-refractivity contribution in [1.29, 1.82) is 0 Å². The van der Waals surface area contributed by atoms with E-state index < -0.39 is 5.91 Å². The maximum Gasteiger partial charge on any atom is 0.333 e. The lowest BCUT2D eigenvalue weighted by Crippen LogP contribution is -2.41. The third-order valence-corrected chi connectivity index (χ3v) is 8.30. The first-order valence-electron chi connectivity index (χ1n) is 12.7. The lowest BCUT2D eigenvalue weighted by molar-refractivity contribution is 0.0706. The standard InChI is InChI=1S/C29H24BrClN4O6/c1-39-20-6-4-19(5-7-20)35-26(27(36)32-14-17-2-9-24-25(12-17)41-16-40-24)23-15-33(10-11-34(23)29(35)38)28(37)18-3-8-21(30)22(31)13-18/h2-9,12-13H,10-11,14-16H2,1H3,(H,32,36). The van der Waals surface area contributed by atoms with Gasteiger partial charge in [-0.15, -0.1) is 0 Å². The van der Waals surface area contributed by atoms with E-state index in [1.807, 2.05) is 6.07 Å². The molecule has 3 heterocycles. The average molecular weight is 640 g/mol. The quantitative estimate of drug-likeness (QED) is 0.336. The van der Waals surface area contributed by atoms with Gasteiger partial charge in [-0.05, 0) is 76.1 Å². The Kier molecular flexibility index (Phi) is 7.22. The zero-order chi connectivity index (χ0) is 28.7. The molecule has 0 spiro atoms. The Bertz CT molecular complexity index is 1730. The number of ether oxygens (including phenoxy) is 3. The van der Waals surface area contributed by atoms with Crippen LogP contribution in [-0.2, 0) is 19.6 Å². The van der Waals surface area contributed by atoms with Gasteiger partial charge >= 0.3 is 5.69 Å². The van der Waals surface area contributed by atoms with E-state index in [0.717, 1.165) is 5.56 Å². The summed E-state index contributed by atoms with van der Waals surface area (Å²) in [6.07, 6.45) is 0. The van der Waals surface area contributed by atoms with Gasteiger partial charge in [-0.3, -0.25) is 18.7 Å². The summed E-state index contributed by atoms with van der Waals surface area (Å²) >= 11 is 9.58. The lowest BCUT2D eigenvalue weighted by Gasteiger charge is -2.28. The van der Waals surface area contributed by atoms with Gasteiger partial charge in [0.2, 0.25) is 6.79 Å². The van der Waals surface area contributed by atoms with Crippen molar-refractivity contribution >= 4 is 39.3 Å². The van der Waals surface area contributed by atoms with Crippen molar-refractivity contribution in [2.24, 2.45) is 0 Å². The van der Waals surface area contributed by atoms with Gasteiger partial charge in [0.05, 0.1) is 30.1 Å². The molecule has 2 aliphatic rings. The zero-order valence-electron chi connectivity index (χ0n) is 21.9. The molecule has 210 valence electrons. The number of imidazole rings is 1. The minimum atomic E-state index is -0.453. The number of rotatable bonds is 6. The minimum Gasteiger partial charge on any atom is -0.497 e. The van der Waals surface area contributed by atoms with Crippen LogP contribution in [0.5, 0.6) is 17.2 Å². The Labute approximate surface area is 248 Å². The van der Waals surface area contributed by atoms with Crippen LogP contribution in [0.2, 0.25) is 5.02 Å². The van der Waals surface area contributed by atoms with Crippen LogP contribution in [0.25, 0.3) is 5.69 Å². The van der Waals surface area contributed by atoms with Gasteiger partial charge in [0, 0.05) is 29.7 Å². The van der Waals surface area contributed by atoms with Crippen LogP contribution >= 0.6 is 27.5 Å². The van der Waals surface area contributed by atoms with Gasteiger partial charge in [0.15, 0.2) is 11.5 Å². The highest BCUT2D eigenvalue weighted by Gasteiger charge is 2.32. The summed E-state index contributed by atoms with van der Waals surface area (Å²) < 4.78 is 19.7. The molecule has 2 aliphatic heterocycles. The third kappa shape index (κ3) is 5.07. The minimum absolute atomic E-state index is 0.0672. The Hall–Kier alpha value is -4.22.